The number of nitrogens with zero attached hydrogens (tertiary/aromatic N) is 2. The first-order valence-corrected chi connectivity index (χ1v) is 7.71. The lowest BCUT2D eigenvalue weighted by molar-refractivity contribution is 0.0956. The van der Waals surface area contributed by atoms with E-state index in [4.69, 9.17) is 0 Å². The summed E-state index contributed by atoms with van der Waals surface area (Å²) >= 11 is 0. The lowest BCUT2D eigenvalue weighted by atomic mass is 10.1. The van der Waals surface area contributed by atoms with Crippen LogP contribution in [0.25, 0.3) is 0 Å². The highest BCUT2D eigenvalue weighted by Gasteiger charge is 2.14. The van der Waals surface area contributed by atoms with Crippen molar-refractivity contribution in [3.05, 3.63) is 35.5 Å². The van der Waals surface area contributed by atoms with Crippen LogP contribution in [0, 0.1) is 0 Å². The molecule has 0 bridgehead atoms. The highest BCUT2D eigenvalue weighted by molar-refractivity contribution is 5.94. The highest BCUT2D eigenvalue weighted by atomic mass is 35.5. The minimum atomic E-state index is -0.0464. The van der Waals surface area contributed by atoms with E-state index in [0.29, 0.717) is 12.1 Å². The third-order valence-corrected chi connectivity index (χ3v) is 4.07. The average molecular weight is 359 g/mol. The number of aromatic nitrogens is 1. The number of hydrogen-bond acceptors (Lipinski definition) is 4. The van der Waals surface area contributed by atoms with Gasteiger partial charge in [0.05, 0.1) is 5.56 Å². The summed E-state index contributed by atoms with van der Waals surface area (Å²) in [6, 6.07) is 3.82. The van der Waals surface area contributed by atoms with Crippen LogP contribution in [0.3, 0.4) is 0 Å². The van der Waals surface area contributed by atoms with Gasteiger partial charge in [0, 0.05) is 32.4 Å². The van der Waals surface area contributed by atoms with E-state index in [-0.39, 0.29) is 30.7 Å². The third-order valence-electron chi connectivity index (χ3n) is 4.07. The van der Waals surface area contributed by atoms with E-state index in [2.05, 4.69) is 26.6 Å². The molecule has 1 aromatic heterocycles. The summed E-state index contributed by atoms with van der Waals surface area (Å²) in [7, 11) is 0. The lowest BCUT2D eigenvalue weighted by Gasteiger charge is -2.16. The van der Waals surface area contributed by atoms with Gasteiger partial charge in [0.1, 0.15) is 5.82 Å². The van der Waals surface area contributed by atoms with Crippen molar-refractivity contribution < 1.29 is 4.79 Å². The molecule has 0 radical (unpaired) electrons. The van der Waals surface area contributed by atoms with Crippen LogP contribution in [0.15, 0.2) is 30.0 Å². The number of amides is 1. The van der Waals surface area contributed by atoms with Gasteiger partial charge in [-0.15, -0.1) is 24.8 Å². The molecule has 1 fully saturated rings. The quantitative estimate of drug-likeness (QED) is 0.809. The fourth-order valence-electron chi connectivity index (χ4n) is 2.78. The van der Waals surface area contributed by atoms with E-state index in [1.807, 2.05) is 12.1 Å². The lowest BCUT2D eigenvalue weighted by Crippen LogP contribution is -2.29. The van der Waals surface area contributed by atoms with Gasteiger partial charge in [-0.1, -0.05) is 11.6 Å². The molecule has 0 aliphatic carbocycles. The Morgan fingerprint density at radius 2 is 2.04 bits per heavy atom. The van der Waals surface area contributed by atoms with E-state index in [9.17, 15) is 4.79 Å². The van der Waals surface area contributed by atoms with Gasteiger partial charge in [0.25, 0.3) is 5.91 Å². The van der Waals surface area contributed by atoms with Crippen molar-refractivity contribution in [1.29, 1.82) is 0 Å². The second-order valence-corrected chi connectivity index (χ2v) is 5.60. The summed E-state index contributed by atoms with van der Waals surface area (Å²) in [5.41, 5.74) is 1.93. The van der Waals surface area contributed by atoms with Gasteiger partial charge in [-0.2, -0.15) is 0 Å². The topological polar surface area (TPSA) is 57.3 Å². The summed E-state index contributed by atoms with van der Waals surface area (Å²) in [5, 5.41) is 6.23. The minimum absolute atomic E-state index is 0. The van der Waals surface area contributed by atoms with E-state index in [1.54, 1.807) is 6.20 Å². The molecular formula is C16H24Cl2N4O. The number of hydrogen-bond donors (Lipinski definition) is 2. The molecule has 2 aliphatic heterocycles. The normalized spacial score (nSPS) is 16.9. The van der Waals surface area contributed by atoms with Crippen LogP contribution in [0.5, 0.6) is 0 Å². The molecule has 3 rings (SSSR count). The predicted octanol–water partition coefficient (Wildman–Crippen LogP) is 2.17. The Morgan fingerprint density at radius 1 is 1.26 bits per heavy atom. The van der Waals surface area contributed by atoms with Crippen molar-refractivity contribution in [3.8, 4) is 0 Å². The molecule has 1 amide bonds. The van der Waals surface area contributed by atoms with Crippen molar-refractivity contribution in [2.45, 2.75) is 19.3 Å². The molecule has 2 aliphatic rings. The Balaban J connectivity index is 0.00000132. The molecule has 3 heterocycles. The molecule has 7 heteroatoms. The summed E-state index contributed by atoms with van der Waals surface area (Å²) in [6.45, 7) is 4.67. The Morgan fingerprint density at radius 3 is 2.65 bits per heavy atom. The van der Waals surface area contributed by atoms with Crippen LogP contribution in [0.1, 0.15) is 29.6 Å². The molecule has 5 nitrogen and oxygen atoms in total. The molecule has 1 saturated heterocycles. The highest BCUT2D eigenvalue weighted by Crippen LogP contribution is 2.17. The molecule has 128 valence electrons. The van der Waals surface area contributed by atoms with Crippen LogP contribution >= 0.6 is 24.8 Å². The van der Waals surface area contributed by atoms with E-state index >= 15 is 0 Å². The zero-order valence-electron chi connectivity index (χ0n) is 13.1. The number of pyridine rings is 1. The molecule has 23 heavy (non-hydrogen) atoms. The Kier molecular flexibility index (Phi) is 8.37. The molecular weight excluding hydrogens is 335 g/mol. The van der Waals surface area contributed by atoms with Crippen molar-refractivity contribution in [3.63, 3.8) is 0 Å². The van der Waals surface area contributed by atoms with Crippen molar-refractivity contribution in [2.75, 3.05) is 37.6 Å². The van der Waals surface area contributed by atoms with Crippen LogP contribution in [0.4, 0.5) is 5.82 Å². The maximum atomic E-state index is 12.1. The number of carbonyl (C=O) groups is 1. The van der Waals surface area contributed by atoms with E-state index in [0.717, 1.165) is 38.4 Å². The zero-order chi connectivity index (χ0) is 14.5. The maximum Gasteiger partial charge on any atom is 0.253 e. The molecule has 1 aromatic rings. The van der Waals surface area contributed by atoms with Crippen LogP contribution in [-0.4, -0.2) is 43.6 Å². The Hall–Kier alpha value is -1.30. The summed E-state index contributed by atoms with van der Waals surface area (Å²) < 4.78 is 0. The predicted molar refractivity (Wildman–Crippen MR) is 98.1 cm³/mol. The third kappa shape index (κ3) is 5.37. The van der Waals surface area contributed by atoms with E-state index < -0.39 is 0 Å². The van der Waals surface area contributed by atoms with Gasteiger partial charge >= 0.3 is 0 Å². The van der Waals surface area contributed by atoms with Gasteiger partial charge in [-0.3, -0.25) is 4.79 Å². The summed E-state index contributed by atoms with van der Waals surface area (Å²) in [6.07, 6.45) is 7.30. The molecule has 0 unspecified atom stereocenters. The number of rotatable bonds is 4. The Labute approximate surface area is 149 Å². The monoisotopic (exact) mass is 358 g/mol. The fourth-order valence-corrected chi connectivity index (χ4v) is 2.78. The molecule has 0 saturated carbocycles. The molecule has 0 spiro atoms. The second-order valence-electron chi connectivity index (χ2n) is 5.60. The van der Waals surface area contributed by atoms with Crippen molar-refractivity contribution in [2.24, 2.45) is 0 Å². The number of anilines is 1. The number of nitrogens with one attached hydrogen (secondary N) is 2. The Bertz CT molecular complexity index is 527. The first-order chi connectivity index (χ1) is 10.3. The standard InChI is InChI=1S/C16H22N4O.2ClH/c21-16(19-11-13-5-7-17-8-6-13)14-3-4-15(18-12-14)20-9-1-2-10-20;;/h3-5,12,17H,1-2,6-11H2,(H,19,21);2*1H. The molecule has 2 N–H and O–H groups in total. The van der Waals surface area contributed by atoms with E-state index in [1.165, 1.54) is 18.4 Å². The fraction of sp³-hybridized carbons (Fsp3) is 0.500. The van der Waals surface area contributed by atoms with Gasteiger partial charge in [0.2, 0.25) is 0 Å². The van der Waals surface area contributed by atoms with Gasteiger partial charge < -0.3 is 15.5 Å². The second kappa shape index (κ2) is 9.75. The minimum Gasteiger partial charge on any atom is -0.357 e. The van der Waals surface area contributed by atoms with Gasteiger partial charge in [-0.25, -0.2) is 4.98 Å². The average Bonchev–Trinajstić information content (AvgIpc) is 3.08. The first-order valence-electron chi connectivity index (χ1n) is 7.71. The van der Waals surface area contributed by atoms with Crippen LogP contribution < -0.4 is 15.5 Å². The van der Waals surface area contributed by atoms with Crippen molar-refractivity contribution >= 4 is 36.5 Å². The van der Waals surface area contributed by atoms with Crippen molar-refractivity contribution in [1.82, 2.24) is 15.6 Å². The smallest absolute Gasteiger partial charge is 0.253 e. The zero-order valence-corrected chi connectivity index (χ0v) is 14.7. The maximum absolute atomic E-state index is 12.1. The van der Waals surface area contributed by atoms with Gasteiger partial charge in [0.15, 0.2) is 0 Å². The van der Waals surface area contributed by atoms with Gasteiger partial charge in [-0.05, 0) is 37.9 Å². The largest absolute Gasteiger partial charge is 0.357 e. The summed E-state index contributed by atoms with van der Waals surface area (Å²) in [5.74, 6) is 0.931. The first kappa shape index (κ1) is 19.7. The SMILES string of the molecule is Cl.Cl.O=C(NCC1=CCNCC1)c1ccc(N2CCCC2)nc1. The molecule has 0 atom stereocenters. The summed E-state index contributed by atoms with van der Waals surface area (Å²) in [4.78, 5) is 18.8. The number of halogens is 2. The van der Waals surface area contributed by atoms with Crippen LogP contribution in [0.2, 0.25) is 0 Å². The van der Waals surface area contributed by atoms with Crippen LogP contribution in [-0.2, 0) is 0 Å². The molecule has 0 aromatic carbocycles. The number of carbonyl (C=O) groups excluding carboxylic acids is 1.